The molecule has 2 N–H and O–H groups in total. The smallest absolute Gasteiger partial charge is 0.0252 e. The van der Waals surface area contributed by atoms with Crippen LogP contribution < -0.4 is 5.73 Å². The number of rotatable bonds is 2. The Morgan fingerprint density at radius 2 is 1.82 bits per heavy atom. The molecule has 1 aliphatic heterocycles. The molecule has 0 aromatic heterocycles. The van der Waals surface area contributed by atoms with Gasteiger partial charge in [0.05, 0.1) is 0 Å². The van der Waals surface area contributed by atoms with Gasteiger partial charge in [-0.25, -0.2) is 0 Å². The van der Waals surface area contributed by atoms with Crippen molar-refractivity contribution in [3.05, 3.63) is 0 Å². The molecule has 0 aromatic rings. The summed E-state index contributed by atoms with van der Waals surface area (Å²) in [4.78, 5) is 2.69. The van der Waals surface area contributed by atoms with Crippen LogP contribution in [0.3, 0.4) is 0 Å². The van der Waals surface area contributed by atoms with Crippen LogP contribution in [-0.2, 0) is 0 Å². The van der Waals surface area contributed by atoms with Gasteiger partial charge < -0.3 is 5.73 Å². The summed E-state index contributed by atoms with van der Waals surface area (Å²) in [6.45, 7) is 9.60. The molecule has 0 bridgehead atoms. The summed E-state index contributed by atoms with van der Waals surface area (Å²) in [6.07, 6.45) is 8.12. The molecule has 1 heterocycles. The third-order valence-corrected chi connectivity index (χ3v) is 5.33. The number of piperidine rings is 1. The van der Waals surface area contributed by atoms with Crippen LogP contribution in [-0.4, -0.2) is 30.1 Å². The van der Waals surface area contributed by atoms with Crippen LogP contribution >= 0.6 is 0 Å². The zero-order valence-electron chi connectivity index (χ0n) is 11.9. The van der Waals surface area contributed by atoms with Crippen molar-refractivity contribution in [3.8, 4) is 0 Å². The van der Waals surface area contributed by atoms with Crippen LogP contribution in [0.1, 0.15) is 59.3 Å². The summed E-state index contributed by atoms with van der Waals surface area (Å²) in [5, 5.41) is 0. The molecule has 0 radical (unpaired) electrons. The van der Waals surface area contributed by atoms with Gasteiger partial charge in [-0.05, 0) is 50.1 Å². The second kappa shape index (κ2) is 5.27. The third-order valence-electron chi connectivity index (χ3n) is 5.33. The molecule has 2 rings (SSSR count). The van der Waals surface area contributed by atoms with E-state index in [9.17, 15) is 0 Å². The van der Waals surface area contributed by atoms with Gasteiger partial charge in [0.15, 0.2) is 0 Å². The Morgan fingerprint density at radius 1 is 1.18 bits per heavy atom. The van der Waals surface area contributed by atoms with Crippen molar-refractivity contribution in [1.29, 1.82) is 0 Å². The zero-order valence-corrected chi connectivity index (χ0v) is 11.9. The van der Waals surface area contributed by atoms with Crippen molar-refractivity contribution in [2.75, 3.05) is 13.1 Å². The van der Waals surface area contributed by atoms with Gasteiger partial charge in [0.25, 0.3) is 0 Å². The van der Waals surface area contributed by atoms with Crippen LogP contribution in [0, 0.1) is 11.3 Å². The minimum atomic E-state index is 0.338. The summed E-state index contributed by atoms with van der Waals surface area (Å²) in [6, 6.07) is 1.02. The van der Waals surface area contributed by atoms with Crippen molar-refractivity contribution >= 4 is 0 Å². The van der Waals surface area contributed by atoms with E-state index in [0.717, 1.165) is 5.92 Å². The van der Waals surface area contributed by atoms with E-state index < -0.39 is 0 Å². The van der Waals surface area contributed by atoms with Gasteiger partial charge >= 0.3 is 0 Å². The first-order valence-electron chi connectivity index (χ1n) is 7.54. The predicted octanol–water partition coefficient (Wildman–Crippen LogP) is 3.01. The van der Waals surface area contributed by atoms with E-state index in [4.69, 9.17) is 5.73 Å². The summed E-state index contributed by atoms with van der Waals surface area (Å²) < 4.78 is 0. The van der Waals surface area contributed by atoms with E-state index in [1.807, 2.05) is 0 Å². The molecule has 17 heavy (non-hydrogen) atoms. The van der Waals surface area contributed by atoms with E-state index in [2.05, 4.69) is 25.7 Å². The maximum atomic E-state index is 6.51. The number of nitrogens with zero attached hydrogens (tertiary/aromatic N) is 1. The van der Waals surface area contributed by atoms with E-state index in [1.54, 1.807) is 0 Å². The minimum Gasteiger partial charge on any atom is -0.326 e. The van der Waals surface area contributed by atoms with Crippen molar-refractivity contribution in [2.45, 2.75) is 71.4 Å². The molecule has 2 nitrogen and oxygen atoms in total. The molecule has 0 aromatic carbocycles. The molecule has 1 aliphatic carbocycles. The lowest BCUT2D eigenvalue weighted by atomic mass is 9.70. The van der Waals surface area contributed by atoms with Gasteiger partial charge in [-0.1, -0.05) is 33.6 Å². The van der Waals surface area contributed by atoms with Crippen molar-refractivity contribution < 1.29 is 0 Å². The standard InChI is InChI=1S/C15H30N2/c1-4-12-7-10-17(11-8-12)13-6-5-9-15(2,3)14(13)16/h12-14H,4-11,16H2,1-3H3. The Kier molecular flexibility index (Phi) is 4.14. The van der Waals surface area contributed by atoms with Crippen LogP contribution in [0.15, 0.2) is 0 Å². The van der Waals surface area contributed by atoms with E-state index in [-0.39, 0.29) is 0 Å². The Hall–Kier alpha value is -0.0800. The fourth-order valence-electron chi connectivity index (χ4n) is 3.74. The first kappa shape index (κ1) is 13.4. The van der Waals surface area contributed by atoms with Gasteiger partial charge in [-0.15, -0.1) is 0 Å². The van der Waals surface area contributed by atoms with Crippen LogP contribution in [0.25, 0.3) is 0 Å². The van der Waals surface area contributed by atoms with E-state index in [0.29, 0.717) is 17.5 Å². The quantitative estimate of drug-likeness (QED) is 0.801. The van der Waals surface area contributed by atoms with Crippen LogP contribution in [0.4, 0.5) is 0 Å². The highest BCUT2D eigenvalue weighted by Gasteiger charge is 2.39. The molecule has 1 saturated carbocycles. The largest absolute Gasteiger partial charge is 0.326 e. The van der Waals surface area contributed by atoms with Crippen LogP contribution in [0.5, 0.6) is 0 Å². The second-order valence-electron chi connectivity index (χ2n) is 6.86. The number of hydrogen-bond donors (Lipinski definition) is 1. The summed E-state index contributed by atoms with van der Waals surface area (Å²) in [7, 11) is 0. The second-order valence-corrected chi connectivity index (χ2v) is 6.86. The highest BCUT2D eigenvalue weighted by atomic mass is 15.2. The topological polar surface area (TPSA) is 29.3 Å². The molecule has 0 amide bonds. The average molecular weight is 238 g/mol. The van der Waals surface area contributed by atoms with Crippen molar-refractivity contribution in [1.82, 2.24) is 4.90 Å². The Balaban J connectivity index is 1.94. The lowest BCUT2D eigenvalue weighted by molar-refractivity contribution is 0.0441. The van der Waals surface area contributed by atoms with Gasteiger partial charge in [-0.2, -0.15) is 0 Å². The number of nitrogens with two attached hydrogens (primary N) is 1. The highest BCUT2D eigenvalue weighted by molar-refractivity contribution is 4.97. The molecule has 1 saturated heterocycles. The highest BCUT2D eigenvalue weighted by Crippen LogP contribution is 2.37. The SMILES string of the molecule is CCC1CCN(C2CCCC(C)(C)C2N)CC1. The van der Waals surface area contributed by atoms with Gasteiger partial charge in [0, 0.05) is 12.1 Å². The molecular formula is C15H30N2. The third kappa shape index (κ3) is 2.85. The van der Waals surface area contributed by atoms with Gasteiger partial charge in [0.1, 0.15) is 0 Å². The maximum Gasteiger partial charge on any atom is 0.0252 e. The molecule has 100 valence electrons. The van der Waals surface area contributed by atoms with Gasteiger partial charge in [-0.3, -0.25) is 4.90 Å². The summed E-state index contributed by atoms with van der Waals surface area (Å²) in [5.74, 6) is 0.971. The van der Waals surface area contributed by atoms with E-state index in [1.165, 1.54) is 51.6 Å². The van der Waals surface area contributed by atoms with Crippen molar-refractivity contribution in [2.24, 2.45) is 17.1 Å². The lowest BCUT2D eigenvalue weighted by Crippen LogP contribution is -2.58. The fourth-order valence-corrected chi connectivity index (χ4v) is 3.74. The Labute approximate surface area is 107 Å². The Bertz CT molecular complexity index is 241. The van der Waals surface area contributed by atoms with Crippen molar-refractivity contribution in [3.63, 3.8) is 0 Å². The molecule has 2 heteroatoms. The first-order valence-corrected chi connectivity index (χ1v) is 7.54. The van der Waals surface area contributed by atoms with Gasteiger partial charge in [0.2, 0.25) is 0 Å². The van der Waals surface area contributed by atoms with Crippen LogP contribution in [0.2, 0.25) is 0 Å². The molecule has 0 spiro atoms. The monoisotopic (exact) mass is 238 g/mol. The van der Waals surface area contributed by atoms with E-state index >= 15 is 0 Å². The molecule has 2 aliphatic rings. The first-order chi connectivity index (χ1) is 8.04. The number of hydrogen-bond acceptors (Lipinski definition) is 2. The average Bonchev–Trinajstić information content (AvgIpc) is 2.33. The molecule has 2 unspecified atom stereocenters. The fraction of sp³-hybridized carbons (Fsp3) is 1.00. The molecule has 2 atom stereocenters. The number of likely N-dealkylation sites (tertiary alicyclic amines) is 1. The zero-order chi connectivity index (χ0) is 12.5. The molecular weight excluding hydrogens is 208 g/mol. The summed E-state index contributed by atoms with van der Waals surface area (Å²) >= 11 is 0. The maximum absolute atomic E-state index is 6.51. The molecule has 2 fully saturated rings. The Morgan fingerprint density at radius 3 is 2.41 bits per heavy atom. The normalized spacial score (nSPS) is 36.0. The summed E-state index contributed by atoms with van der Waals surface area (Å²) in [5.41, 5.74) is 6.85. The minimum absolute atomic E-state index is 0.338. The lowest BCUT2D eigenvalue weighted by Gasteiger charge is -2.48. The predicted molar refractivity (Wildman–Crippen MR) is 74.0 cm³/mol.